The number of anilines is 1. The molecule has 1 fully saturated rings. The minimum atomic E-state index is 0. The molecule has 1 saturated heterocycles. The molecule has 0 atom stereocenters. The van der Waals surface area contributed by atoms with Crippen molar-refractivity contribution in [3.05, 3.63) is 36.7 Å². The van der Waals surface area contributed by atoms with Crippen LogP contribution in [0.4, 0.5) is 5.13 Å². The third-order valence-corrected chi connectivity index (χ3v) is 6.93. The molecule has 0 unspecified atom stereocenters. The number of fused-ring (bicyclic) bond motifs is 2. The molecule has 34 heavy (non-hydrogen) atoms. The summed E-state index contributed by atoms with van der Waals surface area (Å²) in [5, 5.41) is 1.43. The van der Waals surface area contributed by atoms with Crippen molar-refractivity contribution in [1.82, 2.24) is 24.8 Å². The van der Waals surface area contributed by atoms with Crippen LogP contribution in [0.3, 0.4) is 0 Å². The highest BCUT2D eigenvalue weighted by molar-refractivity contribution is 7.22. The van der Waals surface area contributed by atoms with Crippen molar-refractivity contribution in [2.45, 2.75) is 6.42 Å². The van der Waals surface area contributed by atoms with Crippen LogP contribution in [0.1, 0.15) is 6.42 Å². The Morgan fingerprint density at radius 2 is 1.91 bits per heavy atom. The van der Waals surface area contributed by atoms with Gasteiger partial charge in [0.15, 0.2) is 16.6 Å². The molecule has 0 radical (unpaired) electrons. The van der Waals surface area contributed by atoms with Crippen LogP contribution in [0.5, 0.6) is 11.5 Å². The number of rotatable bonds is 7. The normalized spacial score (nSPS) is 14.9. The van der Waals surface area contributed by atoms with E-state index in [1.165, 1.54) is 11.3 Å². The lowest BCUT2D eigenvalue weighted by atomic mass is 10.0. The van der Waals surface area contributed by atoms with Gasteiger partial charge in [-0.2, -0.15) is 0 Å². The fraction of sp³-hybridized carbons (Fsp3) is 0.375. The smallest absolute Gasteiger partial charge is 0.181 e. The first-order valence-corrected chi connectivity index (χ1v) is 12.0. The number of ether oxygens (including phenoxy) is 2. The van der Waals surface area contributed by atoms with Crippen molar-refractivity contribution in [3.8, 4) is 22.8 Å². The standard InChI is InChI=1S/C24H28N6O2S.ClH/c1-29-8-10-30(11-9-29)7-4-12-32-20-14-18-17(13-19(20)31-2)22(27-15-26-18)16-5-3-6-21-23(16)28-24(25)33-21;/h3,5-6,13-15H,4,7-12H2,1-2H3,(H2,25,28);1H. The zero-order valence-electron chi connectivity index (χ0n) is 19.4. The Hall–Kier alpha value is -2.72. The van der Waals surface area contributed by atoms with Crippen molar-refractivity contribution in [1.29, 1.82) is 0 Å². The monoisotopic (exact) mass is 500 g/mol. The van der Waals surface area contributed by atoms with Crippen LogP contribution >= 0.6 is 23.7 Å². The molecule has 0 saturated carbocycles. The van der Waals surface area contributed by atoms with E-state index in [4.69, 9.17) is 15.2 Å². The molecule has 1 aliphatic rings. The van der Waals surface area contributed by atoms with Crippen LogP contribution in [0.2, 0.25) is 0 Å². The summed E-state index contributed by atoms with van der Waals surface area (Å²) in [6.07, 6.45) is 2.54. The Morgan fingerprint density at radius 3 is 2.71 bits per heavy atom. The van der Waals surface area contributed by atoms with Gasteiger partial charge in [0.05, 0.1) is 35.1 Å². The van der Waals surface area contributed by atoms with Gasteiger partial charge < -0.3 is 25.0 Å². The predicted octanol–water partition coefficient (Wildman–Crippen LogP) is 3.94. The number of hydrogen-bond donors (Lipinski definition) is 1. The molecule has 1 aliphatic heterocycles. The Morgan fingerprint density at radius 1 is 1.09 bits per heavy atom. The SMILES string of the molecule is COc1cc2c(-c3cccc4sc(N)nc34)ncnc2cc1OCCCN1CCN(C)CC1.Cl. The number of nitrogens with zero attached hydrogens (tertiary/aromatic N) is 5. The summed E-state index contributed by atoms with van der Waals surface area (Å²) in [6, 6.07) is 9.92. The number of thiazole rings is 1. The topological polar surface area (TPSA) is 89.6 Å². The van der Waals surface area contributed by atoms with Crippen molar-refractivity contribution in [2.24, 2.45) is 0 Å². The van der Waals surface area contributed by atoms with Gasteiger partial charge in [-0.25, -0.2) is 15.0 Å². The molecule has 0 amide bonds. The first kappa shape index (κ1) is 24.4. The number of hydrogen-bond acceptors (Lipinski definition) is 9. The number of halogens is 1. The fourth-order valence-corrected chi connectivity index (χ4v) is 5.01. The molecule has 5 rings (SSSR count). The summed E-state index contributed by atoms with van der Waals surface area (Å²) in [6.45, 7) is 6.16. The third-order valence-electron chi connectivity index (χ3n) is 6.08. The molecule has 0 spiro atoms. The Kier molecular flexibility index (Phi) is 7.67. The maximum absolute atomic E-state index is 6.12. The number of methoxy groups -OCH3 is 1. The Bertz CT molecular complexity index is 1280. The summed E-state index contributed by atoms with van der Waals surface area (Å²) in [5.41, 5.74) is 9.34. The van der Waals surface area contributed by atoms with Crippen molar-refractivity contribution < 1.29 is 9.47 Å². The van der Waals surface area contributed by atoms with E-state index in [1.807, 2.05) is 30.3 Å². The molecule has 8 nitrogen and oxygen atoms in total. The number of para-hydroxylation sites is 1. The van der Waals surface area contributed by atoms with E-state index in [0.717, 1.165) is 71.5 Å². The number of piperazine rings is 1. The van der Waals surface area contributed by atoms with E-state index in [9.17, 15) is 0 Å². The van der Waals surface area contributed by atoms with Crippen LogP contribution in [-0.2, 0) is 0 Å². The van der Waals surface area contributed by atoms with E-state index in [-0.39, 0.29) is 12.4 Å². The number of nitrogens with two attached hydrogens (primary N) is 1. The summed E-state index contributed by atoms with van der Waals surface area (Å²) in [4.78, 5) is 18.5. The van der Waals surface area contributed by atoms with Crippen molar-refractivity contribution in [3.63, 3.8) is 0 Å². The average molecular weight is 501 g/mol. The van der Waals surface area contributed by atoms with E-state index in [2.05, 4.69) is 31.8 Å². The number of nitrogen functional groups attached to an aromatic ring is 1. The quantitative estimate of drug-likeness (QED) is 0.382. The first-order chi connectivity index (χ1) is 16.1. The molecule has 2 aromatic heterocycles. The predicted molar refractivity (Wildman–Crippen MR) is 140 cm³/mol. The van der Waals surface area contributed by atoms with Crippen LogP contribution in [0.15, 0.2) is 36.7 Å². The fourth-order valence-electron chi connectivity index (χ4n) is 4.25. The molecule has 0 aliphatic carbocycles. The van der Waals surface area contributed by atoms with Gasteiger partial charge in [-0.1, -0.05) is 23.5 Å². The highest BCUT2D eigenvalue weighted by atomic mass is 35.5. The van der Waals surface area contributed by atoms with Crippen molar-refractivity contribution >= 4 is 50.0 Å². The maximum atomic E-state index is 6.12. The van der Waals surface area contributed by atoms with Gasteiger partial charge in [-0.3, -0.25) is 0 Å². The largest absolute Gasteiger partial charge is 0.493 e. The second-order valence-electron chi connectivity index (χ2n) is 8.29. The Labute approximate surface area is 209 Å². The molecular formula is C24H29ClN6O2S. The molecule has 0 bridgehead atoms. The van der Waals surface area contributed by atoms with Gasteiger partial charge in [0.25, 0.3) is 0 Å². The third kappa shape index (κ3) is 5.02. The Balaban J connectivity index is 0.00000274. The highest BCUT2D eigenvalue weighted by Crippen LogP contribution is 2.38. The van der Waals surface area contributed by atoms with E-state index in [0.29, 0.717) is 23.2 Å². The summed E-state index contributed by atoms with van der Waals surface area (Å²) >= 11 is 1.47. The van der Waals surface area contributed by atoms with E-state index >= 15 is 0 Å². The van der Waals surface area contributed by atoms with Crippen LogP contribution < -0.4 is 15.2 Å². The minimum absolute atomic E-state index is 0. The number of likely N-dealkylation sites (N-methyl/N-ethyl adjacent to an activating group) is 1. The van der Waals surface area contributed by atoms with Crippen LogP contribution in [-0.4, -0.2) is 78.2 Å². The lowest BCUT2D eigenvalue weighted by molar-refractivity contribution is 0.145. The van der Waals surface area contributed by atoms with Gasteiger partial charge in [0.2, 0.25) is 0 Å². The number of benzene rings is 2. The van der Waals surface area contributed by atoms with Gasteiger partial charge in [-0.05, 0) is 25.6 Å². The molecular weight excluding hydrogens is 472 g/mol. The molecule has 2 N–H and O–H groups in total. The molecule has 2 aromatic carbocycles. The highest BCUT2D eigenvalue weighted by Gasteiger charge is 2.17. The molecule has 3 heterocycles. The van der Waals surface area contributed by atoms with E-state index in [1.54, 1.807) is 13.4 Å². The maximum Gasteiger partial charge on any atom is 0.181 e. The molecule has 180 valence electrons. The number of aromatic nitrogens is 3. The van der Waals surface area contributed by atoms with Gasteiger partial charge >= 0.3 is 0 Å². The minimum Gasteiger partial charge on any atom is -0.493 e. The summed E-state index contributed by atoms with van der Waals surface area (Å²) in [5.74, 6) is 1.37. The van der Waals surface area contributed by atoms with Gasteiger partial charge in [0, 0.05) is 49.7 Å². The van der Waals surface area contributed by atoms with Gasteiger partial charge in [-0.15, -0.1) is 12.4 Å². The van der Waals surface area contributed by atoms with Crippen LogP contribution in [0.25, 0.3) is 32.4 Å². The lowest BCUT2D eigenvalue weighted by Crippen LogP contribution is -2.44. The lowest BCUT2D eigenvalue weighted by Gasteiger charge is -2.32. The van der Waals surface area contributed by atoms with E-state index < -0.39 is 0 Å². The zero-order valence-corrected chi connectivity index (χ0v) is 21.0. The van der Waals surface area contributed by atoms with Gasteiger partial charge in [0.1, 0.15) is 6.33 Å². The van der Waals surface area contributed by atoms with Crippen LogP contribution in [0, 0.1) is 0 Å². The summed E-state index contributed by atoms with van der Waals surface area (Å²) in [7, 11) is 3.83. The first-order valence-electron chi connectivity index (χ1n) is 11.1. The molecule has 10 heteroatoms. The zero-order chi connectivity index (χ0) is 22.8. The molecule has 4 aromatic rings. The second-order valence-corrected chi connectivity index (χ2v) is 9.36. The van der Waals surface area contributed by atoms with Crippen molar-refractivity contribution in [2.75, 3.05) is 59.2 Å². The summed E-state index contributed by atoms with van der Waals surface area (Å²) < 4.78 is 12.8. The average Bonchev–Trinajstić information content (AvgIpc) is 3.22. The second kappa shape index (κ2) is 10.7.